The third-order valence-corrected chi connectivity index (χ3v) is 2.33. The first-order chi connectivity index (χ1) is 7.22. The molecule has 2 N–H and O–H groups in total. The summed E-state index contributed by atoms with van der Waals surface area (Å²) in [7, 11) is 0. The van der Waals surface area contributed by atoms with Gasteiger partial charge in [0.25, 0.3) is 0 Å². The molecular weight excluding hydrogens is 195 g/mol. The maximum absolute atomic E-state index is 13.5. The Morgan fingerprint density at radius 3 is 2.80 bits per heavy atom. The van der Waals surface area contributed by atoms with Gasteiger partial charge in [0.1, 0.15) is 5.82 Å². The van der Waals surface area contributed by atoms with E-state index in [4.69, 9.17) is 10.3 Å². The van der Waals surface area contributed by atoms with E-state index in [1.165, 1.54) is 12.3 Å². The summed E-state index contributed by atoms with van der Waals surface area (Å²) < 4.78 is 18.2. The predicted molar refractivity (Wildman–Crippen MR) is 55.7 cm³/mol. The van der Waals surface area contributed by atoms with Crippen LogP contribution < -0.4 is 5.73 Å². The van der Waals surface area contributed by atoms with E-state index in [1.807, 2.05) is 6.92 Å². The molecule has 0 fully saturated rings. The summed E-state index contributed by atoms with van der Waals surface area (Å²) in [6.07, 6.45) is 2.27. The fraction of sp³-hybridized carbons (Fsp3) is 0.182. The fourth-order valence-corrected chi connectivity index (χ4v) is 1.45. The van der Waals surface area contributed by atoms with Crippen molar-refractivity contribution in [1.82, 2.24) is 5.16 Å². The van der Waals surface area contributed by atoms with Crippen LogP contribution in [-0.4, -0.2) is 5.16 Å². The van der Waals surface area contributed by atoms with E-state index in [9.17, 15) is 4.39 Å². The van der Waals surface area contributed by atoms with Gasteiger partial charge in [-0.05, 0) is 24.1 Å². The molecule has 0 saturated carbocycles. The van der Waals surface area contributed by atoms with E-state index in [0.717, 1.165) is 12.0 Å². The Balaban J connectivity index is 2.56. The zero-order valence-corrected chi connectivity index (χ0v) is 8.33. The van der Waals surface area contributed by atoms with Gasteiger partial charge in [0, 0.05) is 5.56 Å². The maximum atomic E-state index is 13.5. The summed E-state index contributed by atoms with van der Waals surface area (Å²) >= 11 is 0. The number of hydrogen-bond acceptors (Lipinski definition) is 3. The van der Waals surface area contributed by atoms with Crippen LogP contribution in [0.25, 0.3) is 11.1 Å². The molecule has 0 atom stereocenters. The Hall–Kier alpha value is -1.84. The third kappa shape index (κ3) is 1.70. The van der Waals surface area contributed by atoms with Crippen LogP contribution in [0.4, 0.5) is 10.3 Å². The van der Waals surface area contributed by atoms with Crippen LogP contribution in [0.3, 0.4) is 0 Å². The van der Waals surface area contributed by atoms with E-state index in [-0.39, 0.29) is 11.7 Å². The van der Waals surface area contributed by atoms with Crippen molar-refractivity contribution < 1.29 is 8.91 Å². The SMILES string of the molecule is CCc1ccc(F)c(-c2cnoc2N)c1. The number of halogens is 1. The van der Waals surface area contributed by atoms with Crippen LogP contribution in [-0.2, 0) is 6.42 Å². The lowest BCUT2D eigenvalue weighted by molar-refractivity contribution is 0.436. The molecule has 1 aromatic carbocycles. The van der Waals surface area contributed by atoms with Gasteiger partial charge in [-0.25, -0.2) is 4.39 Å². The minimum absolute atomic E-state index is 0.141. The summed E-state index contributed by atoms with van der Waals surface area (Å²) in [6.45, 7) is 2.01. The maximum Gasteiger partial charge on any atom is 0.230 e. The second-order valence-electron chi connectivity index (χ2n) is 3.27. The molecule has 0 aliphatic rings. The van der Waals surface area contributed by atoms with Crippen molar-refractivity contribution >= 4 is 5.88 Å². The Kier molecular flexibility index (Phi) is 2.41. The highest BCUT2D eigenvalue weighted by atomic mass is 19.1. The van der Waals surface area contributed by atoms with Crippen LogP contribution in [0.15, 0.2) is 28.9 Å². The van der Waals surface area contributed by atoms with Gasteiger partial charge in [-0.2, -0.15) is 0 Å². The summed E-state index contributed by atoms with van der Waals surface area (Å²) in [4.78, 5) is 0. The van der Waals surface area contributed by atoms with Gasteiger partial charge in [0.2, 0.25) is 5.88 Å². The minimum Gasteiger partial charge on any atom is -0.367 e. The van der Waals surface area contributed by atoms with Gasteiger partial charge < -0.3 is 10.3 Å². The van der Waals surface area contributed by atoms with E-state index in [0.29, 0.717) is 11.1 Å². The van der Waals surface area contributed by atoms with Crippen molar-refractivity contribution in [2.45, 2.75) is 13.3 Å². The number of aryl methyl sites for hydroxylation is 1. The second kappa shape index (κ2) is 3.73. The number of nitrogens with zero attached hydrogens (tertiary/aromatic N) is 1. The van der Waals surface area contributed by atoms with Crippen molar-refractivity contribution in [2.75, 3.05) is 5.73 Å². The molecule has 0 radical (unpaired) electrons. The highest BCUT2D eigenvalue weighted by Gasteiger charge is 2.12. The second-order valence-corrected chi connectivity index (χ2v) is 3.27. The van der Waals surface area contributed by atoms with Gasteiger partial charge >= 0.3 is 0 Å². The number of rotatable bonds is 2. The van der Waals surface area contributed by atoms with Gasteiger partial charge in [-0.1, -0.05) is 18.1 Å². The first kappa shape index (κ1) is 9.71. The average Bonchev–Trinajstić information content (AvgIpc) is 2.65. The van der Waals surface area contributed by atoms with Gasteiger partial charge in [-0.15, -0.1) is 0 Å². The van der Waals surface area contributed by atoms with E-state index in [1.54, 1.807) is 12.1 Å². The molecule has 2 rings (SSSR count). The number of aromatic nitrogens is 1. The van der Waals surface area contributed by atoms with E-state index in [2.05, 4.69) is 5.16 Å². The molecule has 0 amide bonds. The molecule has 0 aliphatic heterocycles. The van der Waals surface area contributed by atoms with E-state index < -0.39 is 0 Å². The Morgan fingerprint density at radius 2 is 2.20 bits per heavy atom. The van der Waals surface area contributed by atoms with Crippen molar-refractivity contribution in [1.29, 1.82) is 0 Å². The van der Waals surface area contributed by atoms with Crippen LogP contribution in [0, 0.1) is 5.82 Å². The van der Waals surface area contributed by atoms with Crippen molar-refractivity contribution in [3.63, 3.8) is 0 Å². The molecule has 0 aliphatic carbocycles. The number of nitrogens with two attached hydrogens (primary N) is 1. The molecule has 0 spiro atoms. The highest BCUT2D eigenvalue weighted by molar-refractivity contribution is 5.72. The molecule has 0 unspecified atom stereocenters. The molecule has 78 valence electrons. The molecule has 15 heavy (non-hydrogen) atoms. The Bertz CT molecular complexity index is 479. The van der Waals surface area contributed by atoms with Gasteiger partial charge in [0.05, 0.1) is 11.8 Å². The van der Waals surface area contributed by atoms with Crippen LogP contribution >= 0.6 is 0 Å². The fourth-order valence-electron chi connectivity index (χ4n) is 1.45. The third-order valence-electron chi connectivity index (χ3n) is 2.33. The molecule has 1 aromatic heterocycles. The molecule has 0 bridgehead atoms. The molecule has 0 saturated heterocycles. The molecule has 4 heteroatoms. The zero-order chi connectivity index (χ0) is 10.8. The normalized spacial score (nSPS) is 10.5. The smallest absolute Gasteiger partial charge is 0.230 e. The lowest BCUT2D eigenvalue weighted by atomic mass is 10.0. The Morgan fingerprint density at radius 1 is 1.40 bits per heavy atom. The largest absolute Gasteiger partial charge is 0.367 e. The monoisotopic (exact) mass is 206 g/mol. The standard InChI is InChI=1S/C11H11FN2O/c1-2-7-3-4-10(12)8(5-7)9-6-14-15-11(9)13/h3-6H,2,13H2,1H3. The quantitative estimate of drug-likeness (QED) is 0.821. The number of anilines is 1. The lowest BCUT2D eigenvalue weighted by Gasteiger charge is -2.03. The van der Waals surface area contributed by atoms with Crippen molar-refractivity contribution in [3.05, 3.63) is 35.8 Å². The highest BCUT2D eigenvalue weighted by Crippen LogP contribution is 2.28. The predicted octanol–water partition coefficient (Wildman–Crippen LogP) is 2.63. The first-order valence-electron chi connectivity index (χ1n) is 4.71. The van der Waals surface area contributed by atoms with Crippen LogP contribution in [0.5, 0.6) is 0 Å². The van der Waals surface area contributed by atoms with Crippen LogP contribution in [0.1, 0.15) is 12.5 Å². The summed E-state index contributed by atoms with van der Waals surface area (Å²) in [5.74, 6) is -0.177. The number of hydrogen-bond donors (Lipinski definition) is 1. The van der Waals surface area contributed by atoms with E-state index >= 15 is 0 Å². The molecule has 1 heterocycles. The number of benzene rings is 1. The summed E-state index contributed by atoms with van der Waals surface area (Å²) in [6, 6.07) is 4.95. The zero-order valence-electron chi connectivity index (χ0n) is 8.33. The molecule has 3 nitrogen and oxygen atoms in total. The average molecular weight is 206 g/mol. The minimum atomic E-state index is -0.317. The van der Waals surface area contributed by atoms with Gasteiger partial charge in [0.15, 0.2) is 0 Å². The van der Waals surface area contributed by atoms with Gasteiger partial charge in [-0.3, -0.25) is 0 Å². The Labute approximate surface area is 86.7 Å². The molecular formula is C11H11FN2O. The first-order valence-corrected chi connectivity index (χ1v) is 4.71. The summed E-state index contributed by atoms with van der Waals surface area (Å²) in [5.41, 5.74) is 7.53. The summed E-state index contributed by atoms with van der Waals surface area (Å²) in [5, 5.41) is 3.53. The number of nitrogen functional groups attached to an aromatic ring is 1. The van der Waals surface area contributed by atoms with Crippen LogP contribution in [0.2, 0.25) is 0 Å². The van der Waals surface area contributed by atoms with Crippen molar-refractivity contribution in [3.8, 4) is 11.1 Å². The molecule has 2 aromatic rings. The topological polar surface area (TPSA) is 52.0 Å². The lowest BCUT2D eigenvalue weighted by Crippen LogP contribution is -1.90. The van der Waals surface area contributed by atoms with Crippen molar-refractivity contribution in [2.24, 2.45) is 0 Å².